The first-order valence-corrected chi connectivity index (χ1v) is 6.38. The summed E-state index contributed by atoms with van der Waals surface area (Å²) < 4.78 is 42.6. The molecular weight excluding hydrogens is 255 g/mol. The summed E-state index contributed by atoms with van der Waals surface area (Å²) in [4.78, 5) is 0. The van der Waals surface area contributed by atoms with Crippen molar-refractivity contribution in [3.8, 4) is 0 Å². The van der Waals surface area contributed by atoms with Crippen molar-refractivity contribution in [1.29, 1.82) is 0 Å². The molecule has 0 radical (unpaired) electrons. The van der Waals surface area contributed by atoms with Crippen molar-refractivity contribution < 1.29 is 17.6 Å². The van der Waals surface area contributed by atoms with Gasteiger partial charge in [-0.05, 0) is 43.1 Å². The molecule has 1 saturated heterocycles. The van der Waals surface area contributed by atoms with E-state index in [1.165, 1.54) is 0 Å². The summed E-state index contributed by atoms with van der Waals surface area (Å²) in [5.74, 6) is -0.934. The van der Waals surface area contributed by atoms with Crippen LogP contribution < -0.4 is 5.32 Å². The molecule has 3 rings (SSSR count). The van der Waals surface area contributed by atoms with Gasteiger partial charge >= 0.3 is 6.18 Å². The molecule has 1 unspecified atom stereocenters. The fourth-order valence-corrected chi connectivity index (χ4v) is 2.55. The summed E-state index contributed by atoms with van der Waals surface area (Å²) in [6.07, 6.45) is -1.10. The van der Waals surface area contributed by atoms with Gasteiger partial charge in [-0.15, -0.1) is 0 Å². The van der Waals surface area contributed by atoms with E-state index >= 15 is 0 Å². The number of alkyl halides is 3. The maximum Gasteiger partial charge on any atom is 0.449 e. The van der Waals surface area contributed by atoms with Crippen molar-refractivity contribution in [2.24, 2.45) is 0 Å². The van der Waals surface area contributed by atoms with Crippen LogP contribution in [0.4, 0.5) is 13.2 Å². The molecule has 1 aliphatic rings. The average molecular weight is 269 g/mol. The molecule has 2 nitrogen and oxygen atoms in total. The lowest BCUT2D eigenvalue weighted by Gasteiger charge is -2.23. The Labute approximate surface area is 108 Å². The molecule has 19 heavy (non-hydrogen) atoms. The lowest BCUT2D eigenvalue weighted by atomic mass is 9.97. The van der Waals surface area contributed by atoms with E-state index in [4.69, 9.17) is 4.42 Å². The second-order valence-electron chi connectivity index (χ2n) is 4.91. The normalized spacial score (nSPS) is 20.9. The smallest absolute Gasteiger partial charge is 0.449 e. The molecule has 1 fully saturated rings. The van der Waals surface area contributed by atoms with Crippen molar-refractivity contribution in [2.45, 2.75) is 31.5 Å². The summed E-state index contributed by atoms with van der Waals surface area (Å²) in [5, 5.41) is 3.90. The Hall–Kier alpha value is -1.49. The first-order valence-electron chi connectivity index (χ1n) is 6.38. The highest BCUT2D eigenvalue weighted by molar-refractivity contribution is 5.79. The fourth-order valence-electron chi connectivity index (χ4n) is 2.55. The summed E-state index contributed by atoms with van der Waals surface area (Å²) in [6.45, 7) is 0.960. The topological polar surface area (TPSA) is 25.2 Å². The lowest BCUT2D eigenvalue weighted by Crippen LogP contribution is -2.26. The molecule has 1 aliphatic heterocycles. The van der Waals surface area contributed by atoms with Crippen molar-refractivity contribution in [1.82, 2.24) is 5.32 Å². The minimum Gasteiger partial charge on any atom is -0.452 e. The molecule has 0 amide bonds. The average Bonchev–Trinajstić information content (AvgIpc) is 2.82. The van der Waals surface area contributed by atoms with Crippen LogP contribution in [0, 0.1) is 0 Å². The van der Waals surface area contributed by atoms with Crippen LogP contribution >= 0.6 is 0 Å². The van der Waals surface area contributed by atoms with Crippen molar-refractivity contribution in [3.05, 3.63) is 35.6 Å². The van der Waals surface area contributed by atoms with E-state index in [0.717, 1.165) is 37.4 Å². The van der Waals surface area contributed by atoms with Gasteiger partial charge in [-0.1, -0.05) is 12.5 Å². The molecule has 1 aromatic heterocycles. The number of piperidine rings is 1. The molecular formula is C14H14F3NO. The van der Waals surface area contributed by atoms with E-state index in [1.54, 1.807) is 12.1 Å². The molecule has 1 N–H and O–H groups in total. The lowest BCUT2D eigenvalue weighted by molar-refractivity contribution is -0.152. The number of halogens is 3. The summed E-state index contributed by atoms with van der Waals surface area (Å²) in [5.41, 5.74) is 1.31. The molecule has 2 heterocycles. The Kier molecular flexibility index (Phi) is 3.01. The molecule has 0 aliphatic carbocycles. The fraction of sp³-hybridized carbons (Fsp3) is 0.429. The third-order valence-electron chi connectivity index (χ3n) is 3.53. The first kappa shape index (κ1) is 12.5. The number of rotatable bonds is 1. The molecule has 0 spiro atoms. The Morgan fingerprint density at radius 1 is 1.16 bits per heavy atom. The predicted octanol–water partition coefficient (Wildman–Crippen LogP) is 4.27. The Morgan fingerprint density at radius 2 is 2.00 bits per heavy atom. The zero-order chi connectivity index (χ0) is 13.5. The van der Waals surface area contributed by atoms with E-state index < -0.39 is 11.9 Å². The number of hydrogen-bond acceptors (Lipinski definition) is 2. The number of hydrogen-bond donors (Lipinski definition) is 1. The maximum atomic E-state index is 12.6. The third-order valence-corrected chi connectivity index (χ3v) is 3.53. The van der Waals surface area contributed by atoms with Crippen molar-refractivity contribution >= 4 is 11.0 Å². The van der Waals surface area contributed by atoms with Crippen LogP contribution in [-0.4, -0.2) is 6.54 Å². The molecule has 1 atom stereocenters. The molecule has 5 heteroatoms. The van der Waals surface area contributed by atoms with E-state index in [9.17, 15) is 13.2 Å². The van der Waals surface area contributed by atoms with Gasteiger partial charge in [-0.3, -0.25) is 0 Å². The zero-order valence-corrected chi connectivity index (χ0v) is 10.3. The SMILES string of the molecule is FC(F)(F)c1cc2cc(C3CCCCN3)ccc2o1. The van der Waals surface area contributed by atoms with Gasteiger partial charge in [-0.2, -0.15) is 13.2 Å². The van der Waals surface area contributed by atoms with Gasteiger partial charge in [-0.25, -0.2) is 0 Å². The minimum absolute atomic E-state index is 0.238. The highest BCUT2D eigenvalue weighted by Gasteiger charge is 2.35. The quantitative estimate of drug-likeness (QED) is 0.836. The molecule has 0 bridgehead atoms. The monoisotopic (exact) mass is 269 g/mol. The number of nitrogens with one attached hydrogen (secondary N) is 1. The van der Waals surface area contributed by atoms with Crippen molar-refractivity contribution in [3.63, 3.8) is 0 Å². The van der Waals surface area contributed by atoms with Gasteiger partial charge in [0.05, 0.1) is 0 Å². The van der Waals surface area contributed by atoms with Crippen LogP contribution in [0.1, 0.15) is 36.6 Å². The highest BCUT2D eigenvalue weighted by Crippen LogP contribution is 2.35. The molecule has 0 saturated carbocycles. The Balaban J connectivity index is 1.96. The van der Waals surface area contributed by atoms with E-state index in [0.29, 0.717) is 5.39 Å². The van der Waals surface area contributed by atoms with Crippen LogP contribution in [0.15, 0.2) is 28.7 Å². The van der Waals surface area contributed by atoms with Crippen molar-refractivity contribution in [2.75, 3.05) is 6.54 Å². The van der Waals surface area contributed by atoms with Gasteiger partial charge in [0.1, 0.15) is 5.58 Å². The second-order valence-corrected chi connectivity index (χ2v) is 4.91. The molecule has 2 aromatic rings. The minimum atomic E-state index is -4.43. The highest BCUT2D eigenvalue weighted by atomic mass is 19.4. The van der Waals surface area contributed by atoms with Crippen LogP contribution in [0.25, 0.3) is 11.0 Å². The zero-order valence-electron chi connectivity index (χ0n) is 10.3. The van der Waals surface area contributed by atoms with E-state index in [-0.39, 0.29) is 11.6 Å². The summed E-state index contributed by atoms with van der Waals surface area (Å²) in [6, 6.07) is 6.56. The third kappa shape index (κ3) is 2.47. The Morgan fingerprint density at radius 3 is 2.68 bits per heavy atom. The van der Waals surface area contributed by atoms with Gasteiger partial charge in [0.25, 0.3) is 0 Å². The Bertz CT molecular complexity index is 582. The maximum absolute atomic E-state index is 12.6. The van der Waals surface area contributed by atoms with Gasteiger partial charge in [0.15, 0.2) is 0 Å². The largest absolute Gasteiger partial charge is 0.452 e. The van der Waals surface area contributed by atoms with Crippen LogP contribution in [0.2, 0.25) is 0 Å². The van der Waals surface area contributed by atoms with Crippen LogP contribution in [-0.2, 0) is 6.18 Å². The number of fused-ring (bicyclic) bond motifs is 1. The van der Waals surface area contributed by atoms with E-state index in [1.807, 2.05) is 6.07 Å². The number of furan rings is 1. The number of benzene rings is 1. The van der Waals surface area contributed by atoms with Crippen LogP contribution in [0.3, 0.4) is 0 Å². The predicted molar refractivity (Wildman–Crippen MR) is 65.8 cm³/mol. The van der Waals surface area contributed by atoms with Crippen LogP contribution in [0.5, 0.6) is 0 Å². The second kappa shape index (κ2) is 4.56. The van der Waals surface area contributed by atoms with Gasteiger partial charge in [0.2, 0.25) is 5.76 Å². The first-order chi connectivity index (χ1) is 9.04. The summed E-state index contributed by atoms with van der Waals surface area (Å²) in [7, 11) is 0. The summed E-state index contributed by atoms with van der Waals surface area (Å²) >= 11 is 0. The molecule has 1 aromatic carbocycles. The van der Waals surface area contributed by atoms with Gasteiger partial charge < -0.3 is 9.73 Å². The van der Waals surface area contributed by atoms with Gasteiger partial charge in [0, 0.05) is 11.4 Å². The van der Waals surface area contributed by atoms with E-state index in [2.05, 4.69) is 5.32 Å². The molecule has 102 valence electrons. The standard InChI is InChI=1S/C14H14F3NO/c15-14(16,17)13-8-10-7-9(4-5-12(10)19-13)11-3-1-2-6-18-11/h4-5,7-8,11,18H,1-3,6H2.